The summed E-state index contributed by atoms with van der Waals surface area (Å²) in [6.07, 6.45) is -1.24. The van der Waals surface area contributed by atoms with E-state index < -0.39 is 11.7 Å². The third-order valence-electron chi connectivity index (χ3n) is 4.31. The van der Waals surface area contributed by atoms with Crippen molar-refractivity contribution in [3.05, 3.63) is 71.3 Å². The van der Waals surface area contributed by atoms with Gasteiger partial charge in [0.15, 0.2) is 0 Å². The number of alkyl halides is 3. The van der Waals surface area contributed by atoms with Crippen molar-refractivity contribution >= 4 is 23.5 Å². The molecule has 0 saturated carbocycles. The van der Waals surface area contributed by atoms with E-state index in [2.05, 4.69) is 14.3 Å². The minimum Gasteiger partial charge on any atom is -0.491 e. The molecule has 2 aromatic carbocycles. The van der Waals surface area contributed by atoms with Crippen molar-refractivity contribution in [2.45, 2.75) is 17.6 Å². The molecule has 0 aliphatic carbocycles. The summed E-state index contributed by atoms with van der Waals surface area (Å²) in [6, 6.07) is 10.8. The van der Waals surface area contributed by atoms with Crippen LogP contribution in [0.25, 0.3) is 11.1 Å². The van der Waals surface area contributed by atoms with E-state index in [1.807, 2.05) is 18.2 Å². The van der Waals surface area contributed by atoms with Crippen LogP contribution in [0.5, 0.6) is 5.75 Å². The zero-order valence-electron chi connectivity index (χ0n) is 15.0. The normalized spacial score (nSPS) is 14.8. The first-order valence-electron chi connectivity index (χ1n) is 8.72. The van der Waals surface area contributed by atoms with Crippen LogP contribution in [-0.4, -0.2) is 27.4 Å². The standard InChI is InChI=1S/C20H15ClF3N3OS/c21-16-10-25-19(26-11-16)12-27-7-8-28-17-6-3-14(9-18(17)29-27)13-1-4-15(5-2-13)20(22,23)24/h1-6,9-11H,7-8,12H2. The SMILES string of the molecule is FC(F)(F)c1ccc(-c2ccc3c(c2)SN(Cc2ncc(Cl)cn2)CCO3)cc1. The first-order valence-corrected chi connectivity index (χ1v) is 9.87. The van der Waals surface area contributed by atoms with Crippen molar-refractivity contribution in [1.29, 1.82) is 0 Å². The van der Waals surface area contributed by atoms with Crippen molar-refractivity contribution in [2.75, 3.05) is 13.2 Å². The van der Waals surface area contributed by atoms with Crippen molar-refractivity contribution in [3.63, 3.8) is 0 Å². The van der Waals surface area contributed by atoms with Gasteiger partial charge in [0.1, 0.15) is 18.2 Å². The topological polar surface area (TPSA) is 38.2 Å². The lowest BCUT2D eigenvalue weighted by molar-refractivity contribution is -0.137. The molecule has 4 nitrogen and oxygen atoms in total. The van der Waals surface area contributed by atoms with Crippen LogP contribution < -0.4 is 4.74 Å². The number of ether oxygens (including phenoxy) is 1. The fourth-order valence-electron chi connectivity index (χ4n) is 2.86. The van der Waals surface area contributed by atoms with Crippen molar-refractivity contribution < 1.29 is 17.9 Å². The first-order chi connectivity index (χ1) is 13.9. The Hall–Kier alpha value is -2.29. The van der Waals surface area contributed by atoms with E-state index in [0.29, 0.717) is 36.1 Å². The van der Waals surface area contributed by atoms with Gasteiger partial charge in [-0.2, -0.15) is 13.2 Å². The number of nitrogens with zero attached hydrogens (tertiary/aromatic N) is 3. The number of hydrogen-bond donors (Lipinski definition) is 0. The Balaban J connectivity index is 1.55. The highest BCUT2D eigenvalue weighted by Crippen LogP contribution is 2.38. The molecule has 0 spiro atoms. The minimum absolute atomic E-state index is 0.479. The molecule has 29 heavy (non-hydrogen) atoms. The zero-order chi connectivity index (χ0) is 20.4. The van der Waals surface area contributed by atoms with Crippen LogP contribution in [-0.2, 0) is 12.7 Å². The fraction of sp³-hybridized carbons (Fsp3) is 0.200. The summed E-state index contributed by atoms with van der Waals surface area (Å²) in [6.45, 7) is 1.68. The van der Waals surface area contributed by atoms with Crippen molar-refractivity contribution in [3.8, 4) is 16.9 Å². The molecule has 3 aromatic rings. The average molecular weight is 438 g/mol. The van der Waals surface area contributed by atoms with E-state index in [0.717, 1.165) is 28.3 Å². The van der Waals surface area contributed by atoms with Gasteiger partial charge in [-0.25, -0.2) is 14.3 Å². The van der Waals surface area contributed by atoms with Gasteiger partial charge in [0.2, 0.25) is 0 Å². The lowest BCUT2D eigenvalue weighted by Gasteiger charge is -2.17. The van der Waals surface area contributed by atoms with Gasteiger partial charge in [0.05, 0.1) is 22.0 Å². The monoisotopic (exact) mass is 437 g/mol. The van der Waals surface area contributed by atoms with Gasteiger partial charge in [-0.3, -0.25) is 0 Å². The molecule has 0 bridgehead atoms. The maximum absolute atomic E-state index is 12.8. The Morgan fingerprint density at radius 2 is 1.72 bits per heavy atom. The molecule has 0 fully saturated rings. The second-order valence-corrected chi connectivity index (χ2v) is 7.93. The molecule has 2 heterocycles. The van der Waals surface area contributed by atoms with Gasteiger partial charge in [-0.15, -0.1) is 0 Å². The fourth-order valence-corrected chi connectivity index (χ4v) is 3.98. The number of benzene rings is 2. The summed E-state index contributed by atoms with van der Waals surface area (Å²) in [7, 11) is 0. The molecule has 0 N–H and O–H groups in total. The highest BCUT2D eigenvalue weighted by molar-refractivity contribution is 7.97. The van der Waals surface area contributed by atoms with E-state index in [-0.39, 0.29) is 0 Å². The summed E-state index contributed by atoms with van der Waals surface area (Å²) >= 11 is 7.34. The largest absolute Gasteiger partial charge is 0.491 e. The molecule has 150 valence electrons. The zero-order valence-corrected chi connectivity index (χ0v) is 16.6. The van der Waals surface area contributed by atoms with Crippen molar-refractivity contribution in [1.82, 2.24) is 14.3 Å². The maximum Gasteiger partial charge on any atom is 0.416 e. The molecule has 0 saturated heterocycles. The van der Waals surface area contributed by atoms with Crippen LogP contribution in [0, 0.1) is 0 Å². The molecule has 4 rings (SSSR count). The van der Waals surface area contributed by atoms with Gasteiger partial charge >= 0.3 is 6.18 Å². The summed E-state index contributed by atoms with van der Waals surface area (Å²) in [4.78, 5) is 9.33. The predicted octanol–water partition coefficient (Wildman–Crippen LogP) is 5.72. The second-order valence-electron chi connectivity index (χ2n) is 6.36. The summed E-state index contributed by atoms with van der Waals surface area (Å²) in [5, 5.41) is 0.479. The number of rotatable bonds is 3. The Kier molecular flexibility index (Phi) is 5.67. The molecule has 0 atom stereocenters. The van der Waals surface area contributed by atoms with Crippen LogP contribution >= 0.6 is 23.5 Å². The predicted molar refractivity (Wildman–Crippen MR) is 106 cm³/mol. The van der Waals surface area contributed by atoms with Crippen molar-refractivity contribution in [2.24, 2.45) is 0 Å². The summed E-state index contributed by atoms with van der Waals surface area (Å²) in [5.41, 5.74) is 0.860. The van der Waals surface area contributed by atoms with Crippen LogP contribution in [0.15, 0.2) is 59.8 Å². The van der Waals surface area contributed by atoms with E-state index >= 15 is 0 Å². The number of aromatic nitrogens is 2. The quantitative estimate of drug-likeness (QED) is 0.490. The Labute approximate surface area is 174 Å². The summed E-state index contributed by atoms with van der Waals surface area (Å²) < 4.78 is 46.3. The van der Waals surface area contributed by atoms with E-state index in [1.54, 1.807) is 12.4 Å². The molecule has 0 unspecified atom stereocenters. The summed E-state index contributed by atoms with van der Waals surface area (Å²) in [5.74, 6) is 1.38. The van der Waals surface area contributed by atoms with Crippen LogP contribution in [0.2, 0.25) is 5.02 Å². The maximum atomic E-state index is 12.8. The highest BCUT2D eigenvalue weighted by atomic mass is 35.5. The van der Waals surface area contributed by atoms with Gasteiger partial charge < -0.3 is 4.74 Å². The number of fused-ring (bicyclic) bond motifs is 1. The Morgan fingerprint density at radius 3 is 2.41 bits per heavy atom. The molecule has 0 amide bonds. The van der Waals surface area contributed by atoms with Crippen LogP contribution in [0.1, 0.15) is 11.4 Å². The first kappa shape index (κ1) is 20.0. The second kappa shape index (κ2) is 8.22. The molecule has 9 heteroatoms. The number of hydrogen-bond acceptors (Lipinski definition) is 5. The van der Waals surface area contributed by atoms with E-state index in [9.17, 15) is 13.2 Å². The third-order valence-corrected chi connectivity index (χ3v) is 5.59. The Bertz CT molecular complexity index is 997. The van der Waals surface area contributed by atoms with Gasteiger partial charge in [-0.05, 0) is 47.3 Å². The van der Waals surface area contributed by atoms with Gasteiger partial charge in [0.25, 0.3) is 0 Å². The highest BCUT2D eigenvalue weighted by Gasteiger charge is 2.30. The lowest BCUT2D eigenvalue weighted by Crippen LogP contribution is -2.20. The van der Waals surface area contributed by atoms with Crippen LogP contribution in [0.3, 0.4) is 0 Å². The van der Waals surface area contributed by atoms with E-state index in [4.69, 9.17) is 16.3 Å². The average Bonchev–Trinajstić information content (AvgIpc) is 2.90. The lowest BCUT2D eigenvalue weighted by atomic mass is 10.0. The molecular weight excluding hydrogens is 423 g/mol. The molecule has 1 aromatic heterocycles. The molecule has 1 aliphatic heterocycles. The smallest absolute Gasteiger partial charge is 0.416 e. The molecule has 1 aliphatic rings. The molecule has 0 radical (unpaired) electrons. The van der Waals surface area contributed by atoms with Gasteiger partial charge in [-0.1, -0.05) is 29.8 Å². The Morgan fingerprint density at radius 1 is 1.03 bits per heavy atom. The third kappa shape index (κ3) is 4.83. The van der Waals surface area contributed by atoms with Crippen LogP contribution in [0.4, 0.5) is 13.2 Å². The minimum atomic E-state index is -4.35. The van der Waals surface area contributed by atoms with E-state index in [1.165, 1.54) is 24.1 Å². The number of halogens is 4. The molecular formula is C20H15ClF3N3OS. The van der Waals surface area contributed by atoms with Gasteiger partial charge in [0, 0.05) is 18.9 Å².